The van der Waals surface area contributed by atoms with E-state index in [4.69, 9.17) is 4.74 Å². The summed E-state index contributed by atoms with van der Waals surface area (Å²) in [5.41, 5.74) is 3.25. The third-order valence-corrected chi connectivity index (χ3v) is 2.58. The predicted octanol–water partition coefficient (Wildman–Crippen LogP) is 1.17. The molecule has 0 saturated heterocycles. The van der Waals surface area contributed by atoms with Crippen LogP contribution in [0, 0.1) is 6.92 Å². The van der Waals surface area contributed by atoms with Gasteiger partial charge in [0.1, 0.15) is 0 Å². The Morgan fingerprint density at radius 3 is 3.06 bits per heavy atom. The lowest BCUT2D eigenvalue weighted by Gasteiger charge is -2.02. The molecule has 2 aromatic rings. The molecule has 2 heterocycles. The number of ether oxygens (including phenoxy) is 1. The van der Waals surface area contributed by atoms with Crippen molar-refractivity contribution in [2.75, 3.05) is 19.0 Å². The summed E-state index contributed by atoms with van der Waals surface area (Å²) in [6, 6.07) is 0. The Labute approximate surface area is 100.0 Å². The second kappa shape index (κ2) is 5.49. The van der Waals surface area contributed by atoms with Crippen LogP contribution in [-0.2, 0) is 17.8 Å². The summed E-state index contributed by atoms with van der Waals surface area (Å²) >= 11 is 0. The van der Waals surface area contributed by atoms with Gasteiger partial charge in [-0.05, 0) is 6.92 Å². The molecular weight excluding hydrogens is 218 g/mol. The van der Waals surface area contributed by atoms with Crippen molar-refractivity contribution in [1.82, 2.24) is 20.0 Å². The predicted molar refractivity (Wildman–Crippen MR) is 64.8 cm³/mol. The van der Waals surface area contributed by atoms with Crippen LogP contribution in [-0.4, -0.2) is 33.7 Å². The number of aryl methyl sites for hydroxylation is 1. The highest BCUT2D eigenvalue weighted by Gasteiger charge is 2.01. The van der Waals surface area contributed by atoms with E-state index in [1.165, 1.54) is 0 Å². The molecule has 6 heteroatoms. The number of aromatic amines is 1. The quantitative estimate of drug-likeness (QED) is 0.788. The number of nitrogens with zero attached hydrogens (tertiary/aromatic N) is 3. The molecule has 0 aromatic carbocycles. The lowest BCUT2D eigenvalue weighted by atomic mass is 10.2. The Hall–Kier alpha value is -1.82. The molecule has 0 aliphatic carbocycles. The van der Waals surface area contributed by atoms with Gasteiger partial charge in [0, 0.05) is 31.1 Å². The fourth-order valence-electron chi connectivity index (χ4n) is 1.51. The first-order valence-corrected chi connectivity index (χ1v) is 5.53. The SMILES string of the molecule is COCCn1cc(NCc2cn[nH]c2C)cn1. The lowest BCUT2D eigenvalue weighted by Crippen LogP contribution is -2.04. The van der Waals surface area contributed by atoms with Crippen LogP contribution in [0.25, 0.3) is 0 Å². The molecule has 0 saturated carbocycles. The van der Waals surface area contributed by atoms with E-state index in [0.717, 1.165) is 30.0 Å². The van der Waals surface area contributed by atoms with Crippen molar-refractivity contribution >= 4 is 5.69 Å². The van der Waals surface area contributed by atoms with Crippen LogP contribution in [0.1, 0.15) is 11.3 Å². The molecule has 2 aromatic heterocycles. The maximum Gasteiger partial charge on any atom is 0.0729 e. The Morgan fingerprint density at radius 1 is 1.47 bits per heavy atom. The van der Waals surface area contributed by atoms with Crippen molar-refractivity contribution in [2.24, 2.45) is 0 Å². The summed E-state index contributed by atoms with van der Waals surface area (Å²) < 4.78 is 6.85. The van der Waals surface area contributed by atoms with E-state index in [2.05, 4.69) is 20.6 Å². The van der Waals surface area contributed by atoms with E-state index >= 15 is 0 Å². The van der Waals surface area contributed by atoms with E-state index < -0.39 is 0 Å². The van der Waals surface area contributed by atoms with Gasteiger partial charge in [-0.2, -0.15) is 10.2 Å². The molecule has 0 fully saturated rings. The molecule has 0 atom stereocenters. The number of rotatable bonds is 6. The number of H-pyrrole nitrogens is 1. The summed E-state index contributed by atoms with van der Waals surface area (Å²) in [7, 11) is 1.68. The van der Waals surface area contributed by atoms with Gasteiger partial charge in [-0.25, -0.2) is 0 Å². The Morgan fingerprint density at radius 2 is 2.35 bits per heavy atom. The number of hydrogen-bond acceptors (Lipinski definition) is 4. The maximum absolute atomic E-state index is 5.00. The molecule has 0 aliphatic rings. The average Bonchev–Trinajstić information content (AvgIpc) is 2.93. The molecule has 92 valence electrons. The Bertz CT molecular complexity index is 462. The molecule has 17 heavy (non-hydrogen) atoms. The van der Waals surface area contributed by atoms with Gasteiger partial charge in [0.2, 0.25) is 0 Å². The number of anilines is 1. The van der Waals surface area contributed by atoms with Gasteiger partial charge in [-0.3, -0.25) is 9.78 Å². The molecule has 6 nitrogen and oxygen atoms in total. The molecule has 2 rings (SSSR count). The number of methoxy groups -OCH3 is 1. The summed E-state index contributed by atoms with van der Waals surface area (Å²) in [5, 5.41) is 14.4. The van der Waals surface area contributed by atoms with E-state index in [1.807, 2.05) is 30.2 Å². The van der Waals surface area contributed by atoms with Crippen LogP contribution in [0.4, 0.5) is 5.69 Å². The molecular formula is C11H17N5O. The minimum Gasteiger partial charge on any atom is -0.383 e. The molecule has 0 spiro atoms. The highest BCUT2D eigenvalue weighted by molar-refractivity contribution is 5.39. The largest absolute Gasteiger partial charge is 0.383 e. The lowest BCUT2D eigenvalue weighted by molar-refractivity contribution is 0.183. The maximum atomic E-state index is 5.00. The second-order valence-corrected chi connectivity index (χ2v) is 3.86. The average molecular weight is 235 g/mol. The summed E-state index contributed by atoms with van der Waals surface area (Å²) in [4.78, 5) is 0. The van der Waals surface area contributed by atoms with Crippen molar-refractivity contribution in [3.63, 3.8) is 0 Å². The fourth-order valence-corrected chi connectivity index (χ4v) is 1.51. The normalized spacial score (nSPS) is 10.7. The molecule has 0 amide bonds. The van der Waals surface area contributed by atoms with Crippen LogP contribution in [0.2, 0.25) is 0 Å². The van der Waals surface area contributed by atoms with Gasteiger partial charge >= 0.3 is 0 Å². The van der Waals surface area contributed by atoms with Gasteiger partial charge in [0.15, 0.2) is 0 Å². The van der Waals surface area contributed by atoms with Gasteiger partial charge in [0.25, 0.3) is 0 Å². The first-order valence-electron chi connectivity index (χ1n) is 5.53. The first-order chi connectivity index (χ1) is 8.29. The van der Waals surface area contributed by atoms with Gasteiger partial charge in [0.05, 0.1) is 31.2 Å². The monoisotopic (exact) mass is 235 g/mol. The van der Waals surface area contributed by atoms with Crippen LogP contribution >= 0.6 is 0 Å². The standard InChI is InChI=1S/C11H17N5O/c1-9-10(6-13-15-9)5-12-11-7-14-16(8-11)3-4-17-2/h6-8,12H,3-5H2,1-2H3,(H,13,15). The minimum atomic E-state index is 0.669. The number of hydrogen-bond donors (Lipinski definition) is 2. The van der Waals surface area contributed by atoms with Crippen molar-refractivity contribution in [2.45, 2.75) is 20.0 Å². The third kappa shape index (κ3) is 3.07. The highest BCUT2D eigenvalue weighted by Crippen LogP contribution is 2.09. The van der Waals surface area contributed by atoms with Crippen LogP contribution in [0.3, 0.4) is 0 Å². The zero-order chi connectivity index (χ0) is 12.1. The van der Waals surface area contributed by atoms with Crippen molar-refractivity contribution < 1.29 is 4.74 Å². The zero-order valence-corrected chi connectivity index (χ0v) is 10.1. The van der Waals surface area contributed by atoms with E-state index in [-0.39, 0.29) is 0 Å². The summed E-state index contributed by atoms with van der Waals surface area (Å²) in [5.74, 6) is 0. The second-order valence-electron chi connectivity index (χ2n) is 3.86. The van der Waals surface area contributed by atoms with Gasteiger partial charge in [-0.15, -0.1) is 0 Å². The van der Waals surface area contributed by atoms with E-state index in [1.54, 1.807) is 7.11 Å². The van der Waals surface area contributed by atoms with Gasteiger partial charge in [-0.1, -0.05) is 0 Å². The van der Waals surface area contributed by atoms with Crippen molar-refractivity contribution in [1.29, 1.82) is 0 Å². The van der Waals surface area contributed by atoms with Crippen LogP contribution < -0.4 is 5.32 Å². The summed E-state index contributed by atoms with van der Waals surface area (Å²) in [6.45, 7) is 4.19. The van der Waals surface area contributed by atoms with Crippen molar-refractivity contribution in [3.05, 3.63) is 29.8 Å². The Kier molecular flexibility index (Phi) is 3.77. The van der Waals surface area contributed by atoms with Crippen LogP contribution in [0.5, 0.6) is 0 Å². The first kappa shape index (κ1) is 11.7. The molecule has 0 bridgehead atoms. The Balaban J connectivity index is 1.87. The smallest absolute Gasteiger partial charge is 0.0729 e. The highest BCUT2D eigenvalue weighted by atomic mass is 16.5. The van der Waals surface area contributed by atoms with E-state index in [9.17, 15) is 0 Å². The minimum absolute atomic E-state index is 0.669. The van der Waals surface area contributed by atoms with Crippen LogP contribution in [0.15, 0.2) is 18.6 Å². The number of nitrogens with one attached hydrogen (secondary N) is 2. The summed E-state index contributed by atoms with van der Waals surface area (Å²) in [6.07, 6.45) is 5.61. The topological polar surface area (TPSA) is 67.8 Å². The number of aromatic nitrogens is 4. The van der Waals surface area contributed by atoms with Gasteiger partial charge < -0.3 is 10.1 Å². The van der Waals surface area contributed by atoms with E-state index in [0.29, 0.717) is 6.61 Å². The molecule has 0 radical (unpaired) electrons. The molecule has 0 aliphatic heterocycles. The third-order valence-electron chi connectivity index (χ3n) is 2.58. The fraction of sp³-hybridized carbons (Fsp3) is 0.455. The zero-order valence-electron chi connectivity index (χ0n) is 10.1. The van der Waals surface area contributed by atoms with Crippen molar-refractivity contribution in [3.8, 4) is 0 Å². The molecule has 2 N–H and O–H groups in total. The molecule has 0 unspecified atom stereocenters.